The normalized spacial score (nSPS) is 23.9. The van der Waals surface area contributed by atoms with E-state index in [2.05, 4.69) is 68.9 Å². The standard InChI is InChI=1S/C17H30N4/c1-12(2)18-9-16-7-13(3)19-17(8-16)21-10-14(4)20(6)15(5)11-21/h7-8,12,14-15,18H,9-11H2,1-6H3. The van der Waals surface area contributed by atoms with E-state index in [1.165, 1.54) is 5.56 Å². The molecule has 0 amide bonds. The second kappa shape index (κ2) is 6.75. The molecule has 1 aliphatic heterocycles. The van der Waals surface area contributed by atoms with Gasteiger partial charge in [-0.1, -0.05) is 13.8 Å². The molecule has 0 radical (unpaired) electrons. The largest absolute Gasteiger partial charge is 0.353 e. The van der Waals surface area contributed by atoms with Gasteiger partial charge in [0.25, 0.3) is 0 Å². The van der Waals surface area contributed by atoms with E-state index in [-0.39, 0.29) is 0 Å². The van der Waals surface area contributed by atoms with Crippen LogP contribution in [0.25, 0.3) is 0 Å². The lowest BCUT2D eigenvalue weighted by Crippen LogP contribution is -2.55. The quantitative estimate of drug-likeness (QED) is 0.923. The predicted octanol–water partition coefficient (Wildman–Crippen LogP) is 2.42. The van der Waals surface area contributed by atoms with E-state index in [0.29, 0.717) is 18.1 Å². The molecule has 2 heterocycles. The number of pyridine rings is 1. The summed E-state index contributed by atoms with van der Waals surface area (Å²) in [5.74, 6) is 1.13. The number of rotatable bonds is 4. The minimum absolute atomic E-state index is 0.505. The molecule has 0 aliphatic carbocycles. The molecule has 0 bridgehead atoms. The van der Waals surface area contributed by atoms with E-state index in [1.807, 2.05) is 0 Å². The van der Waals surface area contributed by atoms with Crippen LogP contribution in [0.2, 0.25) is 0 Å². The molecule has 2 rings (SSSR count). The maximum absolute atomic E-state index is 4.76. The van der Waals surface area contributed by atoms with Gasteiger partial charge in [0.2, 0.25) is 0 Å². The van der Waals surface area contributed by atoms with Gasteiger partial charge in [0.15, 0.2) is 0 Å². The number of aryl methyl sites for hydroxylation is 1. The van der Waals surface area contributed by atoms with Crippen molar-refractivity contribution in [2.75, 3.05) is 25.0 Å². The Morgan fingerprint density at radius 1 is 1.24 bits per heavy atom. The molecule has 1 N–H and O–H groups in total. The fourth-order valence-corrected chi connectivity index (χ4v) is 2.90. The summed E-state index contributed by atoms with van der Waals surface area (Å²) in [4.78, 5) is 9.64. The third-order valence-corrected chi connectivity index (χ3v) is 4.40. The van der Waals surface area contributed by atoms with Gasteiger partial charge in [-0.25, -0.2) is 4.98 Å². The molecule has 1 aromatic heterocycles. The fourth-order valence-electron chi connectivity index (χ4n) is 2.90. The number of hydrogen-bond donors (Lipinski definition) is 1. The molecule has 1 aliphatic rings. The summed E-state index contributed by atoms with van der Waals surface area (Å²) < 4.78 is 0. The lowest BCUT2D eigenvalue weighted by Gasteiger charge is -2.43. The van der Waals surface area contributed by atoms with Gasteiger partial charge in [-0.15, -0.1) is 0 Å². The van der Waals surface area contributed by atoms with Crippen LogP contribution < -0.4 is 10.2 Å². The number of nitrogens with one attached hydrogen (secondary N) is 1. The monoisotopic (exact) mass is 290 g/mol. The minimum Gasteiger partial charge on any atom is -0.353 e. The summed E-state index contributed by atoms with van der Waals surface area (Å²) in [5, 5.41) is 3.49. The van der Waals surface area contributed by atoms with Crippen molar-refractivity contribution in [1.29, 1.82) is 0 Å². The molecule has 0 aromatic carbocycles. The molecule has 4 heteroatoms. The van der Waals surface area contributed by atoms with Crippen molar-refractivity contribution in [2.24, 2.45) is 0 Å². The minimum atomic E-state index is 0.505. The van der Waals surface area contributed by atoms with Crippen LogP contribution in [0, 0.1) is 6.92 Å². The van der Waals surface area contributed by atoms with Gasteiger partial charge in [0.1, 0.15) is 5.82 Å². The Hall–Kier alpha value is -1.13. The number of hydrogen-bond acceptors (Lipinski definition) is 4. The Morgan fingerprint density at radius 2 is 1.86 bits per heavy atom. The van der Waals surface area contributed by atoms with E-state index < -0.39 is 0 Å². The maximum atomic E-state index is 4.76. The van der Waals surface area contributed by atoms with Gasteiger partial charge < -0.3 is 10.2 Å². The highest BCUT2D eigenvalue weighted by Gasteiger charge is 2.27. The number of likely N-dealkylation sites (N-methyl/N-ethyl adjacent to an activating group) is 1. The topological polar surface area (TPSA) is 31.4 Å². The zero-order chi connectivity index (χ0) is 15.6. The highest BCUT2D eigenvalue weighted by Crippen LogP contribution is 2.21. The van der Waals surface area contributed by atoms with Crippen LogP contribution in [0.3, 0.4) is 0 Å². The number of anilines is 1. The molecule has 118 valence electrons. The molecule has 21 heavy (non-hydrogen) atoms. The Morgan fingerprint density at radius 3 is 2.43 bits per heavy atom. The van der Waals surface area contributed by atoms with Crippen LogP contribution in [-0.2, 0) is 6.54 Å². The summed E-state index contributed by atoms with van der Waals surface area (Å²) >= 11 is 0. The maximum Gasteiger partial charge on any atom is 0.129 e. The summed E-state index contributed by atoms with van der Waals surface area (Å²) in [6, 6.07) is 6.06. The van der Waals surface area contributed by atoms with Gasteiger partial charge in [0.05, 0.1) is 0 Å². The van der Waals surface area contributed by atoms with Crippen molar-refractivity contribution in [3.05, 3.63) is 23.4 Å². The first kappa shape index (κ1) is 16.2. The van der Waals surface area contributed by atoms with Crippen LogP contribution in [0.5, 0.6) is 0 Å². The van der Waals surface area contributed by atoms with Gasteiger partial charge in [-0.2, -0.15) is 0 Å². The lowest BCUT2D eigenvalue weighted by atomic mass is 10.1. The smallest absolute Gasteiger partial charge is 0.129 e. The number of nitrogens with zero attached hydrogens (tertiary/aromatic N) is 3. The van der Waals surface area contributed by atoms with Gasteiger partial charge >= 0.3 is 0 Å². The molecular formula is C17H30N4. The molecule has 1 aromatic rings. The summed E-state index contributed by atoms with van der Waals surface area (Å²) in [6.07, 6.45) is 0. The van der Waals surface area contributed by atoms with E-state index in [0.717, 1.165) is 31.1 Å². The van der Waals surface area contributed by atoms with E-state index >= 15 is 0 Å². The van der Waals surface area contributed by atoms with Crippen molar-refractivity contribution in [1.82, 2.24) is 15.2 Å². The van der Waals surface area contributed by atoms with Crippen molar-refractivity contribution in [3.63, 3.8) is 0 Å². The Kier molecular flexibility index (Phi) is 5.22. The van der Waals surface area contributed by atoms with Crippen LogP contribution >= 0.6 is 0 Å². The summed E-state index contributed by atoms with van der Waals surface area (Å²) in [7, 11) is 2.22. The zero-order valence-corrected chi connectivity index (χ0v) is 14.3. The van der Waals surface area contributed by atoms with Crippen molar-refractivity contribution >= 4 is 5.82 Å². The zero-order valence-electron chi connectivity index (χ0n) is 14.3. The molecule has 1 fully saturated rings. The van der Waals surface area contributed by atoms with Crippen LogP contribution in [-0.4, -0.2) is 48.1 Å². The first-order chi connectivity index (χ1) is 9.86. The SMILES string of the molecule is Cc1cc(CNC(C)C)cc(N2CC(C)N(C)C(C)C2)n1. The molecule has 0 spiro atoms. The second-order valence-corrected chi connectivity index (χ2v) is 6.78. The summed E-state index contributed by atoms with van der Waals surface area (Å²) in [6.45, 7) is 14.0. The first-order valence-corrected chi connectivity index (χ1v) is 8.04. The third kappa shape index (κ3) is 4.17. The third-order valence-electron chi connectivity index (χ3n) is 4.40. The highest BCUT2D eigenvalue weighted by atomic mass is 15.3. The average molecular weight is 290 g/mol. The molecule has 0 saturated carbocycles. The van der Waals surface area contributed by atoms with Crippen LogP contribution in [0.4, 0.5) is 5.82 Å². The van der Waals surface area contributed by atoms with Crippen molar-refractivity contribution in [2.45, 2.75) is 59.3 Å². The van der Waals surface area contributed by atoms with Crippen molar-refractivity contribution < 1.29 is 0 Å². The Labute approximate surface area is 129 Å². The lowest BCUT2D eigenvalue weighted by molar-refractivity contribution is 0.169. The fraction of sp³-hybridized carbons (Fsp3) is 0.706. The van der Waals surface area contributed by atoms with Crippen molar-refractivity contribution in [3.8, 4) is 0 Å². The number of piperazine rings is 1. The van der Waals surface area contributed by atoms with Crippen LogP contribution in [0.15, 0.2) is 12.1 Å². The van der Waals surface area contributed by atoms with Gasteiger partial charge in [-0.05, 0) is 45.5 Å². The Bertz CT molecular complexity index is 460. The van der Waals surface area contributed by atoms with Crippen LogP contribution in [0.1, 0.15) is 39.0 Å². The first-order valence-electron chi connectivity index (χ1n) is 8.04. The second-order valence-electron chi connectivity index (χ2n) is 6.78. The van der Waals surface area contributed by atoms with E-state index in [1.54, 1.807) is 0 Å². The molecular weight excluding hydrogens is 260 g/mol. The van der Waals surface area contributed by atoms with E-state index in [9.17, 15) is 0 Å². The van der Waals surface area contributed by atoms with Gasteiger partial charge in [-0.3, -0.25) is 4.90 Å². The predicted molar refractivity (Wildman–Crippen MR) is 89.8 cm³/mol. The molecule has 1 saturated heterocycles. The average Bonchev–Trinajstić information content (AvgIpc) is 2.41. The molecule has 2 unspecified atom stereocenters. The highest BCUT2D eigenvalue weighted by molar-refractivity contribution is 5.43. The molecule has 4 nitrogen and oxygen atoms in total. The summed E-state index contributed by atoms with van der Waals surface area (Å²) in [5.41, 5.74) is 2.43. The Balaban J connectivity index is 2.15. The number of aromatic nitrogens is 1. The molecule has 2 atom stereocenters. The van der Waals surface area contributed by atoms with Gasteiger partial charge in [0, 0.05) is 43.5 Å². The van der Waals surface area contributed by atoms with E-state index in [4.69, 9.17) is 4.98 Å².